The molecule has 3 saturated heterocycles. The number of fused-ring (bicyclic) bond motifs is 6. The fraction of sp³-hybridized carbons (Fsp3) is 0.603. The number of carbonyl (C=O) groups excluding carboxylic acids is 7. The molecule has 514 valence electrons. The summed E-state index contributed by atoms with van der Waals surface area (Å²) < 4.78 is 78.6. The lowest BCUT2D eigenvalue weighted by molar-refractivity contribution is -0.141. The topological polar surface area (TPSA) is 381 Å². The van der Waals surface area contributed by atoms with E-state index in [-0.39, 0.29) is 62.6 Å². The molecule has 2 aromatic heterocycles. The van der Waals surface area contributed by atoms with Gasteiger partial charge in [0.25, 0.3) is 23.8 Å². The van der Waals surface area contributed by atoms with Crippen LogP contribution in [0, 0.1) is 11.8 Å². The molecule has 0 unspecified atom stereocenters. The van der Waals surface area contributed by atoms with E-state index < -0.39 is 115 Å². The van der Waals surface area contributed by atoms with Crippen molar-refractivity contribution in [3.63, 3.8) is 0 Å². The lowest BCUT2D eigenvalue weighted by atomic mass is 10.0. The standard InChI is InChI=1S/C32H45N7O8S.C27H37N7O6S.C4H8O/c1-31(2,3)47-30(43)35-24-16-10-8-6-7-9-13-20-18-32(20,28(42)37-48(44,45)38(4)5)36-26(40)25-17-21(19-39(25)27(24)41)46-29-33-22-14-11-12-15-23(22)34-29;1-33(2)41(38,39)32-25(37)27-15-17(27)10-6-4-3-5-7-11-19(28)24(36)34-16-18(14-22(34)23(35)31-27)40-26-29-20-12-8-9-13-21(20)30-26;1-2-4-5-3-1/h9,11-15,20-21,24-25H,6-8,10,16-19H2,1-5H3,(H,33,34)(H,35,43)(H,36,40)(H,37,42);6,8-10,12-13,17-19,22H,3-5,7,11,14-16,28H2,1-2H3,(H,29,30)(H,31,35)(H,32,37);1-4H2/b13-9-;10-6-;/t20-,21-,24+,25+,32-;17-,18-,19+,22+,27-;/m11./s1. The van der Waals surface area contributed by atoms with Crippen LogP contribution in [0.2, 0.25) is 0 Å². The number of H-pyrrole nitrogens is 2. The molecule has 0 bridgehead atoms. The monoisotopic (exact) mass is 1350 g/mol. The number of hydrogen-bond acceptors (Lipinski definition) is 18. The van der Waals surface area contributed by atoms with Crippen molar-refractivity contribution in [1.82, 2.24) is 63.7 Å². The number of para-hydroxylation sites is 4. The maximum Gasteiger partial charge on any atom is 0.408 e. The van der Waals surface area contributed by atoms with Crippen molar-refractivity contribution in [3.05, 3.63) is 72.8 Å². The van der Waals surface area contributed by atoms with Gasteiger partial charge in [0, 0.05) is 66.1 Å². The summed E-state index contributed by atoms with van der Waals surface area (Å²) in [6, 6.07) is 11.5. The number of aromatic nitrogens is 4. The maximum absolute atomic E-state index is 14.2. The predicted octanol–water partition coefficient (Wildman–Crippen LogP) is 3.48. The van der Waals surface area contributed by atoms with Crippen LogP contribution in [0.25, 0.3) is 22.1 Å². The largest absolute Gasteiger partial charge is 0.459 e. The first kappa shape index (κ1) is 70.6. The number of hydrogen-bond donors (Lipinski definition) is 8. The molecule has 4 aromatic rings. The van der Waals surface area contributed by atoms with Crippen LogP contribution in [0.5, 0.6) is 12.0 Å². The van der Waals surface area contributed by atoms with E-state index in [2.05, 4.69) is 45.3 Å². The third-order valence-corrected chi connectivity index (χ3v) is 20.4. The Hall–Kier alpha value is -7.71. The highest BCUT2D eigenvalue weighted by Gasteiger charge is 2.63. The van der Waals surface area contributed by atoms with E-state index in [9.17, 15) is 50.4 Å². The second-order valence-corrected chi connectivity index (χ2v) is 30.1. The van der Waals surface area contributed by atoms with Gasteiger partial charge < -0.3 is 60.4 Å². The Bertz CT molecular complexity index is 3620. The molecule has 0 spiro atoms. The summed E-state index contributed by atoms with van der Waals surface area (Å²) in [5.41, 5.74) is 5.46. The molecular formula is C63H90N14O15S2. The number of ether oxygens (including phenoxy) is 4. The molecule has 7 heterocycles. The zero-order valence-corrected chi connectivity index (χ0v) is 56.0. The first-order valence-electron chi connectivity index (χ1n) is 32.2. The number of allylic oxidation sites excluding steroid dienone is 2. The van der Waals surface area contributed by atoms with E-state index in [0.717, 1.165) is 76.9 Å². The van der Waals surface area contributed by atoms with Crippen LogP contribution >= 0.6 is 0 Å². The minimum atomic E-state index is -4.14. The SMILES string of the molecule is C1CCOC1.CN(C)S(=O)(=O)NC(=O)[C@@]12C[C@H]1/C=C\CCCCC[C@H](N)C(=O)N1C[C@H](Oc3nc4ccccc4[nH]3)C[C@H]1C(=O)N2.CN(C)S(=O)(=O)NC(=O)[C@@]12C[C@H]1/C=C\CCCCC[C@H](NC(=O)OC(C)(C)C)C(=O)N1C[C@H](Oc3nc4ccccc4[nH]3)C[C@H]1C(=O)N2. The Labute approximate surface area is 548 Å². The highest BCUT2D eigenvalue weighted by molar-refractivity contribution is 7.88. The third kappa shape index (κ3) is 17.6. The Balaban J connectivity index is 0.000000208. The van der Waals surface area contributed by atoms with Gasteiger partial charge in [0.15, 0.2) is 0 Å². The van der Waals surface area contributed by atoms with Gasteiger partial charge in [-0.3, -0.25) is 28.8 Å². The highest BCUT2D eigenvalue weighted by atomic mass is 32.2. The van der Waals surface area contributed by atoms with Crippen molar-refractivity contribution >= 4 is 84.0 Å². The van der Waals surface area contributed by atoms with Gasteiger partial charge in [-0.1, -0.05) is 74.3 Å². The first-order chi connectivity index (χ1) is 44.6. The van der Waals surface area contributed by atoms with E-state index in [4.69, 9.17) is 24.7 Å². The van der Waals surface area contributed by atoms with Crippen LogP contribution < -0.4 is 40.6 Å². The average Bonchev–Trinajstić information content (AvgIpc) is 1.58. The molecule has 5 aliphatic heterocycles. The zero-order chi connectivity index (χ0) is 67.8. The van der Waals surface area contributed by atoms with Gasteiger partial charge >= 0.3 is 26.5 Å². The third-order valence-electron chi connectivity index (χ3n) is 17.5. The zero-order valence-electron chi connectivity index (χ0n) is 54.4. The highest BCUT2D eigenvalue weighted by Crippen LogP contribution is 2.47. The molecule has 9 N–H and O–H groups in total. The summed E-state index contributed by atoms with van der Waals surface area (Å²) in [5, 5.41) is 8.34. The van der Waals surface area contributed by atoms with Crippen molar-refractivity contribution in [2.45, 2.75) is 177 Å². The number of carbonyl (C=O) groups is 7. The normalized spacial score (nSPS) is 28.5. The molecular weight excluding hydrogens is 1260 g/mol. The summed E-state index contributed by atoms with van der Waals surface area (Å²) in [7, 11) is -3.03. The van der Waals surface area contributed by atoms with Crippen LogP contribution in [0.4, 0.5) is 4.79 Å². The van der Waals surface area contributed by atoms with Gasteiger partial charge in [-0.2, -0.15) is 35.4 Å². The van der Waals surface area contributed by atoms with Gasteiger partial charge in [0.2, 0.25) is 23.6 Å². The molecule has 11 rings (SSSR count). The molecule has 10 atom stereocenters. The summed E-state index contributed by atoms with van der Waals surface area (Å²) in [6.45, 7) is 7.28. The predicted molar refractivity (Wildman–Crippen MR) is 346 cm³/mol. The smallest absolute Gasteiger partial charge is 0.408 e. The summed E-state index contributed by atoms with van der Waals surface area (Å²) in [6.07, 6.45) is 15.7. The van der Waals surface area contributed by atoms with E-state index >= 15 is 0 Å². The van der Waals surface area contributed by atoms with Crippen molar-refractivity contribution in [2.75, 3.05) is 54.5 Å². The van der Waals surface area contributed by atoms with Crippen LogP contribution in [0.15, 0.2) is 72.8 Å². The summed E-state index contributed by atoms with van der Waals surface area (Å²) in [5.74, 6) is -4.58. The second kappa shape index (κ2) is 29.9. The molecule has 7 aliphatic rings. The van der Waals surface area contributed by atoms with Gasteiger partial charge in [0.05, 0.1) is 41.2 Å². The Morgan fingerprint density at radius 2 is 1.09 bits per heavy atom. The van der Waals surface area contributed by atoms with Crippen LogP contribution in [0.3, 0.4) is 0 Å². The van der Waals surface area contributed by atoms with Crippen molar-refractivity contribution < 1.29 is 69.3 Å². The van der Waals surface area contributed by atoms with Crippen LogP contribution in [0.1, 0.15) is 124 Å². The minimum absolute atomic E-state index is 0.00198. The molecule has 29 nitrogen and oxygen atoms in total. The molecule has 0 radical (unpaired) electrons. The number of nitrogens with one attached hydrogen (secondary N) is 7. The van der Waals surface area contributed by atoms with Gasteiger partial charge in [-0.25, -0.2) is 14.2 Å². The first-order valence-corrected chi connectivity index (χ1v) is 35.1. The van der Waals surface area contributed by atoms with Crippen LogP contribution in [-0.2, 0) is 58.7 Å². The van der Waals surface area contributed by atoms with Gasteiger partial charge in [0.1, 0.15) is 47.0 Å². The van der Waals surface area contributed by atoms with E-state index in [1.807, 2.05) is 72.8 Å². The fourth-order valence-electron chi connectivity index (χ4n) is 12.1. The summed E-state index contributed by atoms with van der Waals surface area (Å²) in [4.78, 5) is 113. The number of alkyl carbamates (subject to hydrolysis) is 1. The van der Waals surface area contributed by atoms with Gasteiger partial charge in [-0.05, 0) is 109 Å². The number of nitrogens with two attached hydrogens (primary N) is 1. The Morgan fingerprint density at radius 1 is 0.638 bits per heavy atom. The lowest BCUT2D eigenvalue weighted by Gasteiger charge is -2.30. The molecule has 2 saturated carbocycles. The molecule has 7 amide bonds. The number of rotatable bonds is 11. The molecule has 2 aliphatic carbocycles. The quantitative estimate of drug-likeness (QED) is 0.0997. The fourth-order valence-corrected chi connectivity index (χ4v) is 13.3. The number of nitrogens with zero attached hydrogens (tertiary/aromatic N) is 6. The minimum Gasteiger partial charge on any atom is -0.459 e. The molecule has 5 fully saturated rings. The second-order valence-electron chi connectivity index (χ2n) is 26.3. The lowest BCUT2D eigenvalue weighted by Crippen LogP contribution is -2.58. The van der Waals surface area contributed by atoms with Crippen molar-refractivity contribution in [1.29, 1.82) is 0 Å². The van der Waals surface area contributed by atoms with Crippen molar-refractivity contribution in [3.8, 4) is 12.0 Å². The Morgan fingerprint density at radius 3 is 1.51 bits per heavy atom. The summed E-state index contributed by atoms with van der Waals surface area (Å²) >= 11 is 0. The number of amides is 7. The molecule has 94 heavy (non-hydrogen) atoms. The van der Waals surface area contributed by atoms with Gasteiger partial charge in [-0.15, -0.1) is 0 Å². The number of aromatic amines is 2. The van der Waals surface area contributed by atoms with Crippen LogP contribution in [-0.4, -0.2) is 204 Å². The van der Waals surface area contributed by atoms with E-state index in [1.165, 1.54) is 50.8 Å². The van der Waals surface area contributed by atoms with E-state index in [1.54, 1.807) is 20.8 Å². The average molecular weight is 1350 g/mol. The number of imidazole rings is 2. The van der Waals surface area contributed by atoms with E-state index in [0.29, 0.717) is 31.2 Å². The Kier molecular flexibility index (Phi) is 22.5. The molecule has 31 heteroatoms. The number of benzene rings is 2. The maximum atomic E-state index is 14.2. The molecule has 2 aromatic carbocycles. The van der Waals surface area contributed by atoms with Crippen molar-refractivity contribution in [2.24, 2.45) is 17.6 Å².